The maximum absolute atomic E-state index is 12.0. The average molecular weight is 209 g/mol. The summed E-state index contributed by atoms with van der Waals surface area (Å²) in [6, 6.07) is 0. The van der Waals surface area contributed by atoms with Gasteiger partial charge in [0.15, 0.2) is 0 Å². The predicted octanol–water partition coefficient (Wildman–Crippen LogP) is 1.85. The molecule has 0 N–H and O–H groups in total. The third-order valence-electron chi connectivity index (χ3n) is 2.95. The quantitative estimate of drug-likeness (QED) is 0.743. The normalized spacial score (nSPS) is 11.7. The van der Waals surface area contributed by atoms with Crippen molar-refractivity contribution in [1.82, 2.24) is 14.8 Å². The number of carbonyl (C=O) groups excluding carboxylic acids is 1. The summed E-state index contributed by atoms with van der Waals surface area (Å²) in [4.78, 5) is 16.1. The zero-order chi connectivity index (χ0) is 11.5. The summed E-state index contributed by atoms with van der Waals surface area (Å²) in [6.45, 7) is 8.73. The van der Waals surface area contributed by atoms with Gasteiger partial charge in [-0.15, -0.1) is 0 Å². The van der Waals surface area contributed by atoms with E-state index in [1.807, 2.05) is 27.7 Å². The summed E-state index contributed by atoms with van der Waals surface area (Å²) in [7, 11) is 0. The van der Waals surface area contributed by atoms with Crippen molar-refractivity contribution >= 4 is 5.78 Å². The molecule has 0 radical (unpaired) electrons. The van der Waals surface area contributed by atoms with Crippen LogP contribution in [0.1, 0.15) is 39.9 Å². The maximum atomic E-state index is 12.0. The number of hydrogen-bond donors (Lipinski definition) is 0. The van der Waals surface area contributed by atoms with Crippen LogP contribution < -0.4 is 0 Å². The molecular weight excluding hydrogens is 190 g/mol. The summed E-state index contributed by atoms with van der Waals surface area (Å²) in [6.07, 6.45) is 2.74. The topological polar surface area (TPSA) is 47.8 Å². The van der Waals surface area contributed by atoms with E-state index >= 15 is 0 Å². The Balaban J connectivity index is 2.74. The monoisotopic (exact) mass is 209 g/mol. The van der Waals surface area contributed by atoms with Crippen molar-refractivity contribution in [3.05, 3.63) is 12.2 Å². The number of aryl methyl sites for hydroxylation is 1. The molecule has 1 aromatic heterocycles. The molecule has 0 aliphatic rings. The van der Waals surface area contributed by atoms with Crippen molar-refractivity contribution in [3.63, 3.8) is 0 Å². The minimum Gasteiger partial charge on any atom is -0.299 e. The van der Waals surface area contributed by atoms with Crippen LogP contribution in [0, 0.1) is 5.41 Å². The van der Waals surface area contributed by atoms with Gasteiger partial charge in [-0.2, -0.15) is 5.10 Å². The van der Waals surface area contributed by atoms with Crippen LogP contribution in [0.5, 0.6) is 0 Å². The molecule has 0 aliphatic carbocycles. The van der Waals surface area contributed by atoms with E-state index in [1.165, 1.54) is 6.33 Å². The third-order valence-corrected chi connectivity index (χ3v) is 2.95. The molecule has 0 saturated heterocycles. The van der Waals surface area contributed by atoms with Crippen LogP contribution in [0.2, 0.25) is 0 Å². The van der Waals surface area contributed by atoms with Gasteiger partial charge in [-0.3, -0.25) is 4.79 Å². The highest BCUT2D eigenvalue weighted by molar-refractivity contribution is 5.85. The van der Waals surface area contributed by atoms with Gasteiger partial charge in [0.2, 0.25) is 0 Å². The lowest BCUT2D eigenvalue weighted by molar-refractivity contribution is -0.126. The molecule has 0 bridgehead atoms. The van der Waals surface area contributed by atoms with Gasteiger partial charge in [-0.25, -0.2) is 9.67 Å². The smallest absolute Gasteiger partial charge is 0.146 e. The minimum atomic E-state index is -0.259. The van der Waals surface area contributed by atoms with Gasteiger partial charge in [-0.1, -0.05) is 20.8 Å². The summed E-state index contributed by atoms with van der Waals surface area (Å²) >= 11 is 0. The Morgan fingerprint density at radius 2 is 2.13 bits per heavy atom. The highest BCUT2D eigenvalue weighted by atomic mass is 16.1. The Labute approximate surface area is 90.7 Å². The van der Waals surface area contributed by atoms with Gasteiger partial charge >= 0.3 is 0 Å². The summed E-state index contributed by atoms with van der Waals surface area (Å²) < 4.78 is 1.77. The molecule has 15 heavy (non-hydrogen) atoms. The van der Waals surface area contributed by atoms with Crippen molar-refractivity contribution in [1.29, 1.82) is 0 Å². The van der Waals surface area contributed by atoms with Crippen LogP contribution in [0.4, 0.5) is 0 Å². The first-order valence-electron chi connectivity index (χ1n) is 5.41. The van der Waals surface area contributed by atoms with Crippen LogP contribution in [0.15, 0.2) is 6.33 Å². The van der Waals surface area contributed by atoms with Gasteiger partial charge < -0.3 is 0 Å². The molecule has 0 saturated carbocycles. The van der Waals surface area contributed by atoms with Gasteiger partial charge in [0.1, 0.15) is 17.9 Å². The standard InChI is InChI=1S/C11H19N3O/c1-5-11(3,4)9(15)7-10-12-8-13-14(10)6-2/h8H,5-7H2,1-4H3. The molecule has 0 aromatic carbocycles. The minimum absolute atomic E-state index is 0.229. The van der Waals surface area contributed by atoms with E-state index in [0.717, 1.165) is 18.8 Å². The Bertz CT molecular complexity index is 341. The first kappa shape index (κ1) is 11.9. The molecule has 1 rings (SSSR count). The fourth-order valence-corrected chi connectivity index (χ4v) is 1.27. The Morgan fingerprint density at radius 3 is 2.67 bits per heavy atom. The Hall–Kier alpha value is -1.19. The second-order valence-electron chi connectivity index (χ2n) is 4.33. The van der Waals surface area contributed by atoms with Crippen LogP contribution in [-0.2, 0) is 17.8 Å². The third kappa shape index (κ3) is 2.64. The maximum Gasteiger partial charge on any atom is 0.146 e. The summed E-state index contributed by atoms with van der Waals surface area (Å²) in [5.41, 5.74) is -0.259. The fraction of sp³-hybridized carbons (Fsp3) is 0.727. The zero-order valence-electron chi connectivity index (χ0n) is 9.95. The molecular formula is C11H19N3O. The predicted molar refractivity (Wildman–Crippen MR) is 58.5 cm³/mol. The molecule has 4 nitrogen and oxygen atoms in total. The van der Waals surface area contributed by atoms with Crippen molar-refractivity contribution in [3.8, 4) is 0 Å². The van der Waals surface area contributed by atoms with E-state index < -0.39 is 0 Å². The number of rotatable bonds is 5. The van der Waals surface area contributed by atoms with Gasteiger partial charge in [0.05, 0.1) is 6.42 Å². The molecule has 0 aliphatic heterocycles. The Kier molecular flexibility index (Phi) is 3.61. The second kappa shape index (κ2) is 4.55. The fourth-order valence-electron chi connectivity index (χ4n) is 1.27. The van der Waals surface area contributed by atoms with E-state index in [9.17, 15) is 4.79 Å². The number of Topliss-reactive ketones (excluding diaryl/α,β-unsaturated/α-hetero) is 1. The Morgan fingerprint density at radius 1 is 1.47 bits per heavy atom. The lowest BCUT2D eigenvalue weighted by Gasteiger charge is -2.20. The van der Waals surface area contributed by atoms with E-state index in [-0.39, 0.29) is 11.2 Å². The summed E-state index contributed by atoms with van der Waals surface area (Å²) in [5.74, 6) is 0.997. The van der Waals surface area contributed by atoms with E-state index in [4.69, 9.17) is 0 Å². The average Bonchev–Trinajstić information content (AvgIpc) is 2.65. The van der Waals surface area contributed by atoms with Gasteiger partial charge in [0.25, 0.3) is 0 Å². The van der Waals surface area contributed by atoms with Crippen LogP contribution in [-0.4, -0.2) is 20.5 Å². The van der Waals surface area contributed by atoms with Crippen molar-refractivity contribution in [2.45, 2.75) is 47.1 Å². The first-order valence-corrected chi connectivity index (χ1v) is 5.41. The highest BCUT2D eigenvalue weighted by Gasteiger charge is 2.26. The molecule has 1 heterocycles. The molecule has 84 valence electrons. The van der Waals surface area contributed by atoms with E-state index in [2.05, 4.69) is 10.1 Å². The highest BCUT2D eigenvalue weighted by Crippen LogP contribution is 2.22. The SMILES string of the molecule is CCn1ncnc1CC(=O)C(C)(C)CC. The molecule has 0 spiro atoms. The summed E-state index contributed by atoms with van der Waals surface area (Å²) in [5, 5.41) is 4.05. The molecule has 0 atom stereocenters. The van der Waals surface area contributed by atoms with E-state index in [1.54, 1.807) is 4.68 Å². The van der Waals surface area contributed by atoms with Crippen molar-refractivity contribution in [2.75, 3.05) is 0 Å². The van der Waals surface area contributed by atoms with Crippen molar-refractivity contribution in [2.24, 2.45) is 5.41 Å². The van der Waals surface area contributed by atoms with Crippen LogP contribution >= 0.6 is 0 Å². The van der Waals surface area contributed by atoms with Crippen LogP contribution in [0.25, 0.3) is 0 Å². The van der Waals surface area contributed by atoms with Crippen LogP contribution in [0.3, 0.4) is 0 Å². The number of ketones is 1. The zero-order valence-corrected chi connectivity index (χ0v) is 9.95. The first-order chi connectivity index (χ1) is 7.01. The van der Waals surface area contributed by atoms with E-state index in [0.29, 0.717) is 6.42 Å². The van der Waals surface area contributed by atoms with Gasteiger partial charge in [-0.05, 0) is 13.3 Å². The molecule has 4 heteroatoms. The molecule has 0 fully saturated rings. The van der Waals surface area contributed by atoms with Gasteiger partial charge in [0, 0.05) is 12.0 Å². The number of nitrogens with zero attached hydrogens (tertiary/aromatic N) is 3. The largest absolute Gasteiger partial charge is 0.299 e. The van der Waals surface area contributed by atoms with Crippen molar-refractivity contribution < 1.29 is 4.79 Å². The molecule has 0 amide bonds. The lowest BCUT2D eigenvalue weighted by atomic mass is 9.84. The second-order valence-corrected chi connectivity index (χ2v) is 4.33. The number of hydrogen-bond acceptors (Lipinski definition) is 3. The molecule has 0 unspecified atom stereocenters. The number of carbonyl (C=O) groups is 1. The number of aromatic nitrogens is 3. The lowest BCUT2D eigenvalue weighted by Crippen LogP contribution is -2.26. The molecule has 1 aromatic rings.